The van der Waals surface area contributed by atoms with E-state index in [1.165, 1.54) is 23.5 Å². The van der Waals surface area contributed by atoms with Gasteiger partial charge in [-0.2, -0.15) is 0 Å². The summed E-state index contributed by atoms with van der Waals surface area (Å²) in [5.74, 6) is -0.213. The molecule has 1 aromatic heterocycles. The van der Waals surface area contributed by atoms with Crippen molar-refractivity contribution >= 4 is 17.3 Å². The molecule has 7 heteroatoms. The average molecular weight is 526 g/mol. The molecule has 4 aromatic carbocycles. The summed E-state index contributed by atoms with van der Waals surface area (Å²) in [7, 11) is 0. The fraction of sp³-hybridized carbons (Fsp3) is 0.0968. The van der Waals surface area contributed by atoms with Gasteiger partial charge in [0.1, 0.15) is 28.9 Å². The van der Waals surface area contributed by atoms with E-state index >= 15 is 0 Å². The Balaban J connectivity index is 1.40. The first-order valence-corrected chi connectivity index (χ1v) is 12.8. The van der Waals surface area contributed by atoms with E-state index in [4.69, 9.17) is 19.6 Å². The number of halogens is 1. The van der Waals surface area contributed by atoms with Gasteiger partial charge in [0, 0.05) is 5.56 Å². The second kappa shape index (κ2) is 11.3. The van der Waals surface area contributed by atoms with Crippen LogP contribution in [-0.4, -0.2) is 22.7 Å². The number of carbonyl (C=O) groups is 1. The number of ether oxygens (including phenoxy) is 2. The molecule has 0 bridgehead atoms. The molecule has 0 aliphatic heterocycles. The standard InChI is InChI=1S/C31H24FNO4S/c1-20-17-26(15-16-27(20)37-19-29(34)35)36-18-28-33-30(23-11-13-25(32)14-12-23)31(38-28)24-9-7-22(8-10-24)21-5-3-2-4-6-21/h2-17H,18-19H2,1H3,(H,34,35). The summed E-state index contributed by atoms with van der Waals surface area (Å²) in [6, 6.07) is 30.1. The molecule has 0 saturated heterocycles. The molecule has 5 aromatic rings. The number of aliphatic carboxylic acids is 1. The molecular weight excluding hydrogens is 501 g/mol. The Kier molecular flexibility index (Phi) is 7.47. The molecule has 190 valence electrons. The maximum Gasteiger partial charge on any atom is 0.341 e. The van der Waals surface area contributed by atoms with Crippen molar-refractivity contribution in [3.8, 4) is 44.3 Å². The molecule has 0 saturated carbocycles. The number of thiazole rings is 1. The van der Waals surface area contributed by atoms with Gasteiger partial charge < -0.3 is 14.6 Å². The monoisotopic (exact) mass is 525 g/mol. The quantitative estimate of drug-likeness (QED) is 0.214. The van der Waals surface area contributed by atoms with E-state index in [2.05, 4.69) is 36.4 Å². The van der Waals surface area contributed by atoms with E-state index in [0.717, 1.165) is 43.4 Å². The smallest absolute Gasteiger partial charge is 0.341 e. The van der Waals surface area contributed by atoms with Crippen LogP contribution in [0.2, 0.25) is 0 Å². The van der Waals surface area contributed by atoms with Gasteiger partial charge in [-0.1, -0.05) is 54.6 Å². The lowest BCUT2D eigenvalue weighted by molar-refractivity contribution is -0.139. The lowest BCUT2D eigenvalue weighted by atomic mass is 10.0. The third-order valence-electron chi connectivity index (χ3n) is 5.90. The third-order valence-corrected chi connectivity index (χ3v) is 6.98. The first-order chi connectivity index (χ1) is 18.5. The van der Waals surface area contributed by atoms with Crippen molar-refractivity contribution in [3.05, 3.63) is 113 Å². The number of nitrogens with zero attached hydrogens (tertiary/aromatic N) is 1. The maximum absolute atomic E-state index is 13.6. The first kappa shape index (κ1) is 25.2. The molecule has 0 aliphatic carbocycles. The van der Waals surface area contributed by atoms with Crippen LogP contribution >= 0.6 is 11.3 Å². The van der Waals surface area contributed by atoms with Crippen molar-refractivity contribution in [3.63, 3.8) is 0 Å². The lowest BCUT2D eigenvalue weighted by Crippen LogP contribution is -2.10. The highest BCUT2D eigenvalue weighted by Crippen LogP contribution is 2.38. The van der Waals surface area contributed by atoms with Gasteiger partial charge in [-0.25, -0.2) is 14.2 Å². The van der Waals surface area contributed by atoms with Crippen molar-refractivity contribution < 1.29 is 23.8 Å². The fourth-order valence-corrected chi connectivity index (χ4v) is 5.03. The molecule has 1 heterocycles. The summed E-state index contributed by atoms with van der Waals surface area (Å²) < 4.78 is 24.9. The average Bonchev–Trinajstić information content (AvgIpc) is 3.36. The molecule has 0 unspecified atom stereocenters. The molecule has 0 fully saturated rings. The molecule has 5 rings (SSSR count). The van der Waals surface area contributed by atoms with Gasteiger partial charge in [0.25, 0.3) is 0 Å². The number of rotatable bonds is 9. The highest BCUT2D eigenvalue weighted by atomic mass is 32.1. The van der Waals surface area contributed by atoms with Gasteiger partial charge >= 0.3 is 5.97 Å². The highest BCUT2D eigenvalue weighted by molar-refractivity contribution is 7.15. The molecule has 0 spiro atoms. The number of hydrogen-bond donors (Lipinski definition) is 1. The van der Waals surface area contributed by atoms with E-state index in [-0.39, 0.29) is 12.4 Å². The summed E-state index contributed by atoms with van der Waals surface area (Å²) in [5.41, 5.74) is 5.65. The van der Waals surface area contributed by atoms with Crippen LogP contribution in [0.5, 0.6) is 11.5 Å². The third kappa shape index (κ3) is 5.90. The Morgan fingerprint density at radius 3 is 2.18 bits per heavy atom. The molecule has 38 heavy (non-hydrogen) atoms. The van der Waals surface area contributed by atoms with Gasteiger partial charge in [0.2, 0.25) is 0 Å². The summed E-state index contributed by atoms with van der Waals surface area (Å²) in [6.45, 7) is 1.68. The van der Waals surface area contributed by atoms with E-state index < -0.39 is 12.6 Å². The van der Waals surface area contributed by atoms with Gasteiger partial charge in [-0.3, -0.25) is 0 Å². The van der Waals surface area contributed by atoms with Crippen molar-refractivity contribution in [2.45, 2.75) is 13.5 Å². The number of aryl methyl sites for hydroxylation is 1. The number of carboxylic acids is 1. The van der Waals surface area contributed by atoms with Crippen LogP contribution in [0.1, 0.15) is 10.6 Å². The topological polar surface area (TPSA) is 68.7 Å². The molecule has 5 nitrogen and oxygen atoms in total. The Labute approximate surface area is 223 Å². The van der Waals surface area contributed by atoms with Crippen LogP contribution in [0.4, 0.5) is 4.39 Å². The predicted molar refractivity (Wildman–Crippen MR) is 147 cm³/mol. The Morgan fingerprint density at radius 1 is 0.842 bits per heavy atom. The summed E-state index contributed by atoms with van der Waals surface area (Å²) in [6.07, 6.45) is 0. The maximum atomic E-state index is 13.6. The molecular formula is C31H24FNO4S. The summed E-state index contributed by atoms with van der Waals surface area (Å²) in [5, 5.41) is 9.60. The summed E-state index contributed by atoms with van der Waals surface area (Å²) >= 11 is 1.53. The summed E-state index contributed by atoms with van der Waals surface area (Å²) in [4.78, 5) is 16.6. The van der Waals surface area contributed by atoms with Gasteiger partial charge in [0.05, 0.1) is 10.6 Å². The van der Waals surface area contributed by atoms with Crippen molar-refractivity contribution in [1.29, 1.82) is 0 Å². The minimum atomic E-state index is -1.03. The molecule has 1 N–H and O–H groups in total. The largest absolute Gasteiger partial charge is 0.486 e. The second-order valence-corrected chi connectivity index (χ2v) is 9.72. The number of benzene rings is 4. The normalized spacial score (nSPS) is 10.8. The minimum Gasteiger partial charge on any atom is -0.486 e. The van der Waals surface area contributed by atoms with Gasteiger partial charge in [-0.05, 0) is 71.6 Å². The number of aromatic nitrogens is 1. The molecule has 0 aliphatic rings. The van der Waals surface area contributed by atoms with E-state index in [9.17, 15) is 9.18 Å². The van der Waals surface area contributed by atoms with E-state index in [1.54, 1.807) is 30.3 Å². The van der Waals surface area contributed by atoms with Crippen LogP contribution in [0.15, 0.2) is 97.1 Å². The van der Waals surface area contributed by atoms with E-state index in [1.807, 2.05) is 25.1 Å². The van der Waals surface area contributed by atoms with Crippen LogP contribution < -0.4 is 9.47 Å². The van der Waals surface area contributed by atoms with Crippen LogP contribution in [0.3, 0.4) is 0 Å². The molecule has 0 amide bonds. The number of hydrogen-bond acceptors (Lipinski definition) is 5. The van der Waals surface area contributed by atoms with Crippen molar-refractivity contribution in [2.75, 3.05) is 6.61 Å². The molecule has 0 atom stereocenters. The van der Waals surface area contributed by atoms with E-state index in [0.29, 0.717) is 11.5 Å². The zero-order valence-electron chi connectivity index (χ0n) is 20.6. The Hall–Kier alpha value is -4.49. The first-order valence-electron chi connectivity index (χ1n) is 12.0. The molecule has 0 radical (unpaired) electrons. The fourth-order valence-electron chi connectivity index (χ4n) is 4.03. The lowest BCUT2D eigenvalue weighted by Gasteiger charge is -2.09. The number of carboxylic acid groups (broad SMARTS) is 1. The highest BCUT2D eigenvalue weighted by Gasteiger charge is 2.16. The van der Waals surface area contributed by atoms with Crippen molar-refractivity contribution in [1.82, 2.24) is 4.98 Å². The second-order valence-electron chi connectivity index (χ2n) is 8.63. The van der Waals surface area contributed by atoms with Crippen LogP contribution in [0, 0.1) is 12.7 Å². The zero-order chi connectivity index (χ0) is 26.5. The Bertz CT molecular complexity index is 1550. The minimum absolute atomic E-state index is 0.246. The van der Waals surface area contributed by atoms with Crippen molar-refractivity contribution in [2.24, 2.45) is 0 Å². The SMILES string of the molecule is Cc1cc(OCc2nc(-c3ccc(F)cc3)c(-c3ccc(-c4ccccc4)cc3)s2)ccc1OCC(=O)O. The Morgan fingerprint density at radius 2 is 1.50 bits per heavy atom. The van der Waals surface area contributed by atoms with Crippen LogP contribution in [-0.2, 0) is 11.4 Å². The van der Waals surface area contributed by atoms with Gasteiger partial charge in [-0.15, -0.1) is 11.3 Å². The van der Waals surface area contributed by atoms with Gasteiger partial charge in [0.15, 0.2) is 6.61 Å². The predicted octanol–water partition coefficient (Wildman–Crippen LogP) is 7.63. The van der Waals surface area contributed by atoms with Crippen LogP contribution in [0.25, 0.3) is 32.8 Å². The zero-order valence-corrected chi connectivity index (χ0v) is 21.4.